The summed E-state index contributed by atoms with van der Waals surface area (Å²) >= 11 is 5.96. The van der Waals surface area contributed by atoms with E-state index in [4.69, 9.17) is 16.3 Å². The molecule has 2 aromatic rings. The minimum absolute atomic E-state index is 0.0260. The number of hydrogen-bond donors (Lipinski definition) is 1. The van der Waals surface area contributed by atoms with E-state index < -0.39 is 41.0 Å². The van der Waals surface area contributed by atoms with E-state index in [0.717, 1.165) is 11.1 Å². The first-order valence-electron chi connectivity index (χ1n) is 9.06. The van der Waals surface area contributed by atoms with Crippen LogP contribution in [0.4, 0.5) is 5.69 Å². The molecule has 1 unspecified atom stereocenters. The Kier molecular flexibility index (Phi) is 6.61. The number of nitro groups is 1. The van der Waals surface area contributed by atoms with Crippen LogP contribution in [0.15, 0.2) is 48.5 Å². The summed E-state index contributed by atoms with van der Waals surface area (Å²) in [6.07, 6.45) is -0.202. The van der Waals surface area contributed by atoms with E-state index in [1.54, 1.807) is 12.1 Å². The van der Waals surface area contributed by atoms with Crippen LogP contribution in [0.1, 0.15) is 27.1 Å². The molecule has 1 aliphatic heterocycles. The van der Waals surface area contributed by atoms with E-state index in [1.807, 2.05) is 0 Å². The molecule has 1 N–H and O–H groups in total. The molecular weight excluding hydrogens is 430 g/mol. The van der Waals surface area contributed by atoms with Crippen LogP contribution < -0.4 is 5.43 Å². The molecule has 0 aliphatic carbocycles. The number of carbonyl (C=O) groups is 4. The van der Waals surface area contributed by atoms with Crippen molar-refractivity contribution >= 4 is 40.9 Å². The maximum Gasteiger partial charge on any atom is 0.311 e. The minimum Gasteiger partial charge on any atom is -0.457 e. The molecular formula is C20H16ClN3O7. The number of nitrogens with one attached hydrogen (secondary N) is 1. The van der Waals surface area contributed by atoms with Crippen molar-refractivity contribution in [3.05, 3.63) is 74.8 Å². The fourth-order valence-corrected chi connectivity index (χ4v) is 3.15. The number of hydrogen-bond acceptors (Lipinski definition) is 7. The third kappa shape index (κ3) is 5.23. The molecule has 1 atom stereocenters. The van der Waals surface area contributed by atoms with Crippen LogP contribution in [0.5, 0.6) is 0 Å². The van der Waals surface area contributed by atoms with Gasteiger partial charge in [0, 0.05) is 24.1 Å². The summed E-state index contributed by atoms with van der Waals surface area (Å²) in [6.45, 7) is -0.754. The van der Waals surface area contributed by atoms with E-state index in [-0.39, 0.29) is 34.8 Å². The van der Waals surface area contributed by atoms with Crippen molar-refractivity contribution in [2.75, 3.05) is 13.2 Å². The van der Waals surface area contributed by atoms with Gasteiger partial charge in [-0.2, -0.15) is 0 Å². The average Bonchev–Trinajstić information content (AvgIpc) is 3.12. The largest absolute Gasteiger partial charge is 0.457 e. The molecule has 2 amide bonds. The van der Waals surface area contributed by atoms with Gasteiger partial charge in [0.25, 0.3) is 11.6 Å². The average molecular weight is 446 g/mol. The van der Waals surface area contributed by atoms with Gasteiger partial charge in [0.05, 0.1) is 28.0 Å². The second-order valence-electron chi connectivity index (χ2n) is 6.66. The van der Waals surface area contributed by atoms with Gasteiger partial charge >= 0.3 is 5.97 Å². The Bertz CT molecular complexity index is 1070. The fraction of sp³-hybridized carbons (Fsp3) is 0.200. The third-order valence-corrected chi connectivity index (χ3v) is 4.87. The zero-order valence-electron chi connectivity index (χ0n) is 15.9. The molecule has 160 valence electrons. The molecule has 0 spiro atoms. The van der Waals surface area contributed by atoms with Gasteiger partial charge in [-0.15, -0.1) is 0 Å². The number of nitro benzene ring substituents is 1. The Hall–Kier alpha value is -3.79. The number of Topliss-reactive ketones (excluding diaryl/α,β-unsaturated/α-hetero) is 1. The lowest BCUT2D eigenvalue weighted by atomic mass is 10.1. The van der Waals surface area contributed by atoms with Crippen LogP contribution in [-0.4, -0.2) is 46.7 Å². The van der Waals surface area contributed by atoms with Crippen molar-refractivity contribution in [1.29, 1.82) is 0 Å². The molecule has 11 heteroatoms. The van der Waals surface area contributed by atoms with E-state index in [0.29, 0.717) is 0 Å². The van der Waals surface area contributed by atoms with Gasteiger partial charge in [-0.25, -0.2) is 0 Å². The number of esters is 1. The number of amides is 2. The molecule has 0 radical (unpaired) electrons. The van der Waals surface area contributed by atoms with Crippen molar-refractivity contribution in [3.8, 4) is 0 Å². The molecule has 1 saturated heterocycles. The molecule has 31 heavy (non-hydrogen) atoms. The van der Waals surface area contributed by atoms with Gasteiger partial charge < -0.3 is 4.74 Å². The Morgan fingerprint density at radius 2 is 1.94 bits per heavy atom. The van der Waals surface area contributed by atoms with Crippen LogP contribution in [0.2, 0.25) is 5.02 Å². The smallest absolute Gasteiger partial charge is 0.311 e. The Morgan fingerprint density at radius 3 is 2.65 bits per heavy atom. The summed E-state index contributed by atoms with van der Waals surface area (Å²) in [7, 11) is 0. The van der Waals surface area contributed by atoms with Crippen LogP contribution in [-0.2, 0) is 14.3 Å². The van der Waals surface area contributed by atoms with Gasteiger partial charge in [0.2, 0.25) is 11.7 Å². The predicted octanol–water partition coefficient (Wildman–Crippen LogP) is 2.17. The van der Waals surface area contributed by atoms with Gasteiger partial charge in [-0.05, 0) is 12.1 Å². The number of ketones is 1. The maximum absolute atomic E-state index is 12.3. The zero-order valence-corrected chi connectivity index (χ0v) is 16.7. The number of rotatable bonds is 7. The van der Waals surface area contributed by atoms with Gasteiger partial charge in [-0.3, -0.25) is 39.7 Å². The van der Waals surface area contributed by atoms with E-state index in [9.17, 15) is 29.3 Å². The number of non-ortho nitro benzene ring substituents is 1. The predicted molar refractivity (Wildman–Crippen MR) is 107 cm³/mol. The summed E-state index contributed by atoms with van der Waals surface area (Å²) in [5, 5.41) is 12.0. The standard InChI is InChI=1S/C20H16ClN3O7/c21-16-7-2-1-6-15(16)19(27)22-23-10-13(9-18(23)26)20(28)31-11-17(25)12-4-3-5-14(8-12)24(29)30/h1-8,13H,9-11H2,(H,22,27). The highest BCUT2D eigenvalue weighted by atomic mass is 35.5. The normalized spacial score (nSPS) is 15.5. The highest BCUT2D eigenvalue weighted by molar-refractivity contribution is 6.33. The number of nitrogens with zero attached hydrogens (tertiary/aromatic N) is 2. The molecule has 1 fully saturated rings. The number of ether oxygens (including phenoxy) is 1. The van der Waals surface area contributed by atoms with E-state index in [1.165, 1.54) is 30.3 Å². The molecule has 1 heterocycles. The van der Waals surface area contributed by atoms with Crippen molar-refractivity contribution in [2.45, 2.75) is 6.42 Å². The Balaban J connectivity index is 1.55. The Morgan fingerprint density at radius 1 is 1.19 bits per heavy atom. The van der Waals surface area contributed by atoms with E-state index in [2.05, 4.69) is 5.43 Å². The van der Waals surface area contributed by atoms with Crippen LogP contribution in [0.25, 0.3) is 0 Å². The molecule has 3 rings (SSSR count). The fourth-order valence-electron chi connectivity index (χ4n) is 2.93. The van der Waals surface area contributed by atoms with Crippen molar-refractivity contribution in [2.24, 2.45) is 5.92 Å². The Labute approximate surface area is 180 Å². The molecule has 10 nitrogen and oxygen atoms in total. The quantitative estimate of drug-likeness (QED) is 0.298. The highest BCUT2D eigenvalue weighted by Crippen LogP contribution is 2.20. The van der Waals surface area contributed by atoms with Gasteiger partial charge in [-0.1, -0.05) is 35.9 Å². The lowest BCUT2D eigenvalue weighted by molar-refractivity contribution is -0.384. The minimum atomic E-state index is -0.878. The third-order valence-electron chi connectivity index (χ3n) is 4.54. The zero-order chi connectivity index (χ0) is 22.5. The number of hydrazine groups is 1. The SMILES string of the molecule is O=C(COC(=O)C1CC(=O)N(NC(=O)c2ccccc2Cl)C1)c1cccc([N+](=O)[O-])c1. The van der Waals surface area contributed by atoms with Crippen molar-refractivity contribution in [3.63, 3.8) is 0 Å². The summed E-state index contributed by atoms with van der Waals surface area (Å²) < 4.78 is 4.98. The molecule has 0 saturated carbocycles. The van der Waals surface area contributed by atoms with Crippen LogP contribution in [0, 0.1) is 16.0 Å². The summed E-state index contributed by atoms with van der Waals surface area (Å²) in [5.74, 6) is -3.38. The monoisotopic (exact) mass is 445 g/mol. The first-order chi connectivity index (χ1) is 14.8. The highest BCUT2D eigenvalue weighted by Gasteiger charge is 2.37. The lowest BCUT2D eigenvalue weighted by Gasteiger charge is -2.18. The maximum atomic E-state index is 12.3. The molecule has 0 bridgehead atoms. The van der Waals surface area contributed by atoms with Crippen molar-refractivity contribution < 1.29 is 28.8 Å². The number of carbonyl (C=O) groups excluding carboxylic acids is 4. The topological polar surface area (TPSA) is 136 Å². The first-order valence-corrected chi connectivity index (χ1v) is 9.44. The second-order valence-corrected chi connectivity index (χ2v) is 7.07. The van der Waals surface area contributed by atoms with Crippen molar-refractivity contribution in [1.82, 2.24) is 10.4 Å². The van der Waals surface area contributed by atoms with Crippen LogP contribution in [0.3, 0.4) is 0 Å². The molecule has 0 aromatic heterocycles. The number of benzene rings is 2. The summed E-state index contributed by atoms with van der Waals surface area (Å²) in [5.41, 5.74) is 2.34. The van der Waals surface area contributed by atoms with E-state index >= 15 is 0 Å². The summed E-state index contributed by atoms with van der Waals surface area (Å²) in [4.78, 5) is 59.0. The summed E-state index contributed by atoms with van der Waals surface area (Å²) in [6, 6.07) is 11.3. The number of halogens is 1. The molecule has 1 aliphatic rings. The lowest BCUT2D eigenvalue weighted by Crippen LogP contribution is -2.43. The first kappa shape index (κ1) is 21.9. The van der Waals surface area contributed by atoms with Gasteiger partial charge in [0.15, 0.2) is 6.61 Å². The second kappa shape index (κ2) is 9.35. The van der Waals surface area contributed by atoms with Gasteiger partial charge in [0.1, 0.15) is 0 Å². The van der Waals surface area contributed by atoms with Crippen LogP contribution >= 0.6 is 11.6 Å². The molecule has 2 aromatic carbocycles.